The SMILES string of the molecule is N#Cc1ccc(C(=O)Nc2cnn(Cc3c(F)cccc3Cl)c2)cc1. The molecule has 1 heterocycles. The van der Waals surface area contributed by atoms with Gasteiger partial charge >= 0.3 is 0 Å². The monoisotopic (exact) mass is 354 g/mol. The maximum absolute atomic E-state index is 13.8. The Balaban J connectivity index is 1.71. The van der Waals surface area contributed by atoms with E-state index < -0.39 is 5.82 Å². The third-order valence-electron chi connectivity index (χ3n) is 3.55. The minimum Gasteiger partial charge on any atom is -0.319 e. The van der Waals surface area contributed by atoms with Crippen LogP contribution in [0.5, 0.6) is 0 Å². The third-order valence-corrected chi connectivity index (χ3v) is 3.90. The number of nitriles is 1. The molecule has 0 saturated carbocycles. The average Bonchev–Trinajstić information content (AvgIpc) is 3.05. The summed E-state index contributed by atoms with van der Waals surface area (Å²) in [4.78, 5) is 12.2. The van der Waals surface area contributed by atoms with Gasteiger partial charge in [-0.15, -0.1) is 0 Å². The van der Waals surface area contributed by atoms with E-state index in [1.807, 2.05) is 6.07 Å². The zero-order valence-corrected chi connectivity index (χ0v) is 13.7. The summed E-state index contributed by atoms with van der Waals surface area (Å²) < 4.78 is 15.3. The molecule has 25 heavy (non-hydrogen) atoms. The Labute approximate surface area is 148 Å². The van der Waals surface area contributed by atoms with Gasteiger partial charge in [-0.05, 0) is 36.4 Å². The number of aromatic nitrogens is 2. The van der Waals surface area contributed by atoms with Gasteiger partial charge in [-0.1, -0.05) is 17.7 Å². The van der Waals surface area contributed by atoms with Gasteiger partial charge in [0.15, 0.2) is 0 Å². The molecule has 0 bridgehead atoms. The fraction of sp³-hybridized carbons (Fsp3) is 0.0556. The van der Waals surface area contributed by atoms with Crippen molar-refractivity contribution in [2.24, 2.45) is 0 Å². The number of amides is 1. The largest absolute Gasteiger partial charge is 0.319 e. The number of halogens is 2. The van der Waals surface area contributed by atoms with Gasteiger partial charge < -0.3 is 5.32 Å². The first kappa shape index (κ1) is 16.7. The molecular weight excluding hydrogens is 343 g/mol. The highest BCUT2D eigenvalue weighted by atomic mass is 35.5. The molecule has 2 aromatic carbocycles. The molecule has 0 unspecified atom stereocenters. The first-order valence-corrected chi connectivity index (χ1v) is 7.71. The number of benzene rings is 2. The van der Waals surface area contributed by atoms with Gasteiger partial charge in [-0.2, -0.15) is 10.4 Å². The molecule has 0 radical (unpaired) electrons. The van der Waals surface area contributed by atoms with Crippen molar-refractivity contribution in [3.63, 3.8) is 0 Å². The summed E-state index contributed by atoms with van der Waals surface area (Å²) >= 11 is 6.00. The van der Waals surface area contributed by atoms with E-state index in [2.05, 4.69) is 10.4 Å². The van der Waals surface area contributed by atoms with Crippen LogP contribution >= 0.6 is 11.6 Å². The Morgan fingerprint density at radius 2 is 2.04 bits per heavy atom. The summed E-state index contributed by atoms with van der Waals surface area (Å²) in [5.74, 6) is -0.737. The summed E-state index contributed by atoms with van der Waals surface area (Å²) in [5, 5.41) is 15.9. The highest BCUT2D eigenvalue weighted by molar-refractivity contribution is 6.31. The molecule has 7 heteroatoms. The van der Waals surface area contributed by atoms with Crippen molar-refractivity contribution in [2.75, 3.05) is 5.32 Å². The van der Waals surface area contributed by atoms with E-state index in [4.69, 9.17) is 16.9 Å². The van der Waals surface area contributed by atoms with Crippen LogP contribution in [0.4, 0.5) is 10.1 Å². The Bertz CT molecular complexity index is 940. The zero-order valence-electron chi connectivity index (χ0n) is 12.9. The first-order valence-electron chi connectivity index (χ1n) is 7.33. The van der Waals surface area contributed by atoms with Gasteiger partial charge in [0.25, 0.3) is 5.91 Å². The number of hydrogen-bond donors (Lipinski definition) is 1. The molecular formula is C18H12ClFN4O. The lowest BCUT2D eigenvalue weighted by molar-refractivity contribution is 0.102. The topological polar surface area (TPSA) is 70.7 Å². The van der Waals surface area contributed by atoms with Crippen LogP contribution in [0, 0.1) is 17.1 Å². The van der Waals surface area contributed by atoms with Gasteiger partial charge in [0, 0.05) is 22.3 Å². The predicted molar refractivity (Wildman–Crippen MR) is 91.8 cm³/mol. The standard InChI is InChI=1S/C18H12ClFN4O/c19-16-2-1-3-17(20)15(16)11-24-10-14(9-22-24)23-18(25)13-6-4-12(8-21)5-7-13/h1-7,9-10H,11H2,(H,23,25). The van der Waals surface area contributed by atoms with E-state index in [0.717, 1.165) is 0 Å². The van der Waals surface area contributed by atoms with E-state index in [9.17, 15) is 9.18 Å². The number of carbonyl (C=O) groups excluding carboxylic acids is 1. The predicted octanol–water partition coefficient (Wildman–Crippen LogP) is 3.85. The van der Waals surface area contributed by atoms with Crippen molar-refractivity contribution in [2.45, 2.75) is 6.54 Å². The van der Waals surface area contributed by atoms with E-state index >= 15 is 0 Å². The smallest absolute Gasteiger partial charge is 0.255 e. The van der Waals surface area contributed by atoms with Gasteiger partial charge in [0.1, 0.15) is 5.82 Å². The quantitative estimate of drug-likeness (QED) is 0.773. The highest BCUT2D eigenvalue weighted by Crippen LogP contribution is 2.20. The lowest BCUT2D eigenvalue weighted by atomic mass is 10.1. The maximum atomic E-state index is 13.8. The van der Waals surface area contributed by atoms with Crippen LogP contribution < -0.4 is 5.32 Å². The summed E-state index contributed by atoms with van der Waals surface area (Å²) in [7, 11) is 0. The first-order chi connectivity index (χ1) is 12.1. The molecule has 0 fully saturated rings. The van der Waals surface area contributed by atoms with Crippen molar-refractivity contribution in [3.05, 3.63) is 82.4 Å². The van der Waals surface area contributed by atoms with Gasteiger partial charge in [0.05, 0.1) is 30.1 Å². The zero-order chi connectivity index (χ0) is 17.8. The summed E-state index contributed by atoms with van der Waals surface area (Å²) in [5.41, 5.74) is 1.70. The maximum Gasteiger partial charge on any atom is 0.255 e. The molecule has 1 N–H and O–H groups in total. The molecule has 1 amide bonds. The summed E-state index contributed by atoms with van der Waals surface area (Å²) in [6, 6.07) is 12.7. The van der Waals surface area contributed by atoms with E-state index in [1.54, 1.807) is 36.5 Å². The normalized spacial score (nSPS) is 10.3. The number of nitrogens with zero attached hydrogens (tertiary/aromatic N) is 3. The fourth-order valence-corrected chi connectivity index (χ4v) is 2.48. The van der Waals surface area contributed by atoms with Crippen molar-refractivity contribution in [3.8, 4) is 6.07 Å². The van der Waals surface area contributed by atoms with Crippen molar-refractivity contribution in [1.82, 2.24) is 9.78 Å². The van der Waals surface area contributed by atoms with Gasteiger partial charge in [-0.3, -0.25) is 9.48 Å². The fourth-order valence-electron chi connectivity index (χ4n) is 2.26. The van der Waals surface area contributed by atoms with Crippen LogP contribution in [0.25, 0.3) is 0 Å². The van der Waals surface area contributed by atoms with Crippen LogP contribution in [0.1, 0.15) is 21.5 Å². The van der Waals surface area contributed by atoms with Crippen molar-refractivity contribution in [1.29, 1.82) is 5.26 Å². The number of carbonyl (C=O) groups is 1. The van der Waals surface area contributed by atoms with Crippen LogP contribution in [-0.2, 0) is 6.54 Å². The van der Waals surface area contributed by atoms with Crippen LogP contribution in [0.3, 0.4) is 0 Å². The molecule has 0 aliphatic rings. The lowest BCUT2D eigenvalue weighted by Gasteiger charge is -2.06. The third kappa shape index (κ3) is 3.84. The Morgan fingerprint density at radius 3 is 2.72 bits per heavy atom. The molecule has 1 aromatic heterocycles. The summed E-state index contributed by atoms with van der Waals surface area (Å²) in [6.07, 6.45) is 3.06. The average molecular weight is 355 g/mol. The van der Waals surface area contributed by atoms with Crippen LogP contribution in [0.15, 0.2) is 54.9 Å². The second-order valence-corrected chi connectivity index (χ2v) is 5.68. The van der Waals surface area contributed by atoms with E-state index in [1.165, 1.54) is 23.0 Å². The molecule has 0 aliphatic carbocycles. The van der Waals surface area contributed by atoms with Crippen LogP contribution in [0.2, 0.25) is 5.02 Å². The van der Waals surface area contributed by atoms with Crippen LogP contribution in [-0.4, -0.2) is 15.7 Å². The Kier molecular flexibility index (Phi) is 4.78. The second kappa shape index (κ2) is 7.16. The van der Waals surface area contributed by atoms with Gasteiger partial charge in [0.2, 0.25) is 0 Å². The number of nitrogens with one attached hydrogen (secondary N) is 1. The second-order valence-electron chi connectivity index (χ2n) is 5.27. The molecule has 0 spiro atoms. The molecule has 0 saturated heterocycles. The van der Waals surface area contributed by atoms with E-state index in [-0.39, 0.29) is 12.5 Å². The number of hydrogen-bond acceptors (Lipinski definition) is 3. The lowest BCUT2D eigenvalue weighted by Crippen LogP contribution is -2.11. The minimum atomic E-state index is -0.411. The molecule has 0 aliphatic heterocycles. The Morgan fingerprint density at radius 1 is 1.28 bits per heavy atom. The number of anilines is 1. The molecule has 124 valence electrons. The van der Waals surface area contributed by atoms with E-state index in [0.29, 0.717) is 27.4 Å². The molecule has 0 atom stereocenters. The van der Waals surface area contributed by atoms with Crippen molar-refractivity contribution >= 4 is 23.2 Å². The van der Waals surface area contributed by atoms with Gasteiger partial charge in [-0.25, -0.2) is 4.39 Å². The van der Waals surface area contributed by atoms with Crippen molar-refractivity contribution < 1.29 is 9.18 Å². The highest BCUT2D eigenvalue weighted by Gasteiger charge is 2.11. The molecule has 5 nitrogen and oxygen atoms in total. The Hall–Kier alpha value is -3.17. The minimum absolute atomic E-state index is 0.151. The molecule has 3 rings (SSSR count). The molecule has 3 aromatic rings. The summed E-state index contributed by atoms with van der Waals surface area (Å²) in [6.45, 7) is 0.151. The number of rotatable bonds is 4.